The summed E-state index contributed by atoms with van der Waals surface area (Å²) < 4.78 is 10.7. The third-order valence-corrected chi connectivity index (χ3v) is 4.67. The minimum Gasteiger partial charge on any atom is -0.497 e. The summed E-state index contributed by atoms with van der Waals surface area (Å²) in [6.45, 7) is 4.33. The van der Waals surface area contributed by atoms with Crippen molar-refractivity contribution in [2.45, 2.75) is 45.6 Å². The normalized spacial score (nSPS) is 22.0. The zero-order valence-electron chi connectivity index (χ0n) is 13.7. The molecular weight excluding hydrogens is 262 g/mol. The molecule has 0 heterocycles. The summed E-state index contributed by atoms with van der Waals surface area (Å²) in [6, 6.07) is 6.01. The molecule has 118 valence electrons. The van der Waals surface area contributed by atoms with Gasteiger partial charge in [0.2, 0.25) is 0 Å². The number of hydrogen-bond donors (Lipinski definition) is 1. The predicted octanol–water partition coefficient (Wildman–Crippen LogP) is 4.01. The second-order valence-corrected chi connectivity index (χ2v) is 6.27. The van der Waals surface area contributed by atoms with Crippen LogP contribution in [-0.2, 0) is 6.54 Å². The molecule has 3 heteroatoms. The number of ether oxygens (including phenoxy) is 2. The van der Waals surface area contributed by atoms with Crippen LogP contribution in [0.5, 0.6) is 11.5 Å². The van der Waals surface area contributed by atoms with Gasteiger partial charge in [-0.15, -0.1) is 0 Å². The maximum atomic E-state index is 5.43. The molecule has 0 aromatic heterocycles. The Balaban J connectivity index is 1.73. The van der Waals surface area contributed by atoms with Gasteiger partial charge in [-0.1, -0.05) is 38.7 Å². The van der Waals surface area contributed by atoms with Crippen molar-refractivity contribution in [1.82, 2.24) is 5.32 Å². The molecule has 0 radical (unpaired) electrons. The Morgan fingerprint density at radius 1 is 1.10 bits per heavy atom. The summed E-state index contributed by atoms with van der Waals surface area (Å²) in [7, 11) is 3.39. The first-order valence-electron chi connectivity index (χ1n) is 8.14. The first-order valence-corrected chi connectivity index (χ1v) is 8.14. The Morgan fingerprint density at radius 2 is 1.86 bits per heavy atom. The van der Waals surface area contributed by atoms with E-state index in [2.05, 4.69) is 18.3 Å². The summed E-state index contributed by atoms with van der Waals surface area (Å²) in [5, 5.41) is 3.55. The molecule has 0 aliphatic heterocycles. The lowest BCUT2D eigenvalue weighted by Crippen LogP contribution is -2.20. The van der Waals surface area contributed by atoms with Crippen LogP contribution in [0, 0.1) is 11.8 Å². The van der Waals surface area contributed by atoms with Gasteiger partial charge in [0.25, 0.3) is 0 Å². The molecule has 0 bridgehead atoms. The molecule has 1 aliphatic carbocycles. The number of benzene rings is 1. The molecule has 1 fully saturated rings. The highest BCUT2D eigenvalue weighted by Gasteiger charge is 2.17. The third kappa shape index (κ3) is 4.92. The fraction of sp³-hybridized carbons (Fsp3) is 0.667. The maximum absolute atomic E-state index is 5.43. The number of hydrogen-bond acceptors (Lipinski definition) is 3. The van der Waals surface area contributed by atoms with Crippen LogP contribution in [0.1, 0.15) is 44.6 Å². The van der Waals surface area contributed by atoms with Gasteiger partial charge in [0, 0.05) is 18.2 Å². The van der Waals surface area contributed by atoms with Crippen LogP contribution in [0.15, 0.2) is 18.2 Å². The first kappa shape index (κ1) is 16.2. The lowest BCUT2D eigenvalue weighted by Gasteiger charge is -2.26. The molecule has 0 unspecified atom stereocenters. The molecule has 21 heavy (non-hydrogen) atoms. The van der Waals surface area contributed by atoms with Crippen LogP contribution in [0.3, 0.4) is 0 Å². The highest BCUT2D eigenvalue weighted by molar-refractivity contribution is 5.40. The standard InChI is InChI=1S/C18H29NO2/c1-14-4-6-15(7-5-14)10-11-19-13-16-8-9-17(20-2)12-18(16)21-3/h8-9,12,14-15,19H,4-7,10-11,13H2,1-3H3. The van der Waals surface area contributed by atoms with E-state index in [1.807, 2.05) is 12.1 Å². The van der Waals surface area contributed by atoms with Crippen LogP contribution < -0.4 is 14.8 Å². The third-order valence-electron chi connectivity index (χ3n) is 4.67. The van der Waals surface area contributed by atoms with E-state index in [4.69, 9.17) is 9.47 Å². The number of rotatable bonds is 7. The molecule has 3 nitrogen and oxygen atoms in total. The summed E-state index contributed by atoms with van der Waals surface area (Å²) in [4.78, 5) is 0. The smallest absolute Gasteiger partial charge is 0.127 e. The minimum absolute atomic E-state index is 0.840. The molecule has 1 aromatic carbocycles. The van der Waals surface area contributed by atoms with Gasteiger partial charge in [0.1, 0.15) is 11.5 Å². The quantitative estimate of drug-likeness (QED) is 0.770. The molecule has 1 N–H and O–H groups in total. The fourth-order valence-electron chi connectivity index (χ4n) is 3.14. The summed E-state index contributed by atoms with van der Waals surface area (Å²) in [5.41, 5.74) is 1.19. The molecule has 0 amide bonds. The first-order chi connectivity index (χ1) is 10.2. The van der Waals surface area contributed by atoms with Crippen molar-refractivity contribution in [3.63, 3.8) is 0 Å². The Kier molecular flexibility index (Phi) is 6.37. The van der Waals surface area contributed by atoms with Gasteiger partial charge < -0.3 is 14.8 Å². The van der Waals surface area contributed by atoms with Crippen molar-refractivity contribution in [2.75, 3.05) is 20.8 Å². The maximum Gasteiger partial charge on any atom is 0.127 e. The number of methoxy groups -OCH3 is 2. The lowest BCUT2D eigenvalue weighted by atomic mass is 9.81. The zero-order valence-corrected chi connectivity index (χ0v) is 13.7. The molecule has 0 atom stereocenters. The van der Waals surface area contributed by atoms with Crippen molar-refractivity contribution in [2.24, 2.45) is 11.8 Å². The average Bonchev–Trinajstić information content (AvgIpc) is 2.53. The minimum atomic E-state index is 0.840. The summed E-state index contributed by atoms with van der Waals surface area (Å²) >= 11 is 0. The van der Waals surface area contributed by atoms with E-state index >= 15 is 0 Å². The highest BCUT2D eigenvalue weighted by atomic mass is 16.5. The van der Waals surface area contributed by atoms with E-state index in [0.29, 0.717) is 0 Å². The van der Waals surface area contributed by atoms with E-state index in [0.717, 1.165) is 36.4 Å². The molecular formula is C18H29NO2. The van der Waals surface area contributed by atoms with Gasteiger partial charge in [-0.05, 0) is 30.9 Å². The Hall–Kier alpha value is -1.22. The molecule has 1 aromatic rings. The van der Waals surface area contributed by atoms with Gasteiger partial charge in [-0.2, -0.15) is 0 Å². The van der Waals surface area contributed by atoms with Gasteiger partial charge >= 0.3 is 0 Å². The van der Waals surface area contributed by atoms with Crippen molar-refractivity contribution in [1.29, 1.82) is 0 Å². The van der Waals surface area contributed by atoms with Crippen molar-refractivity contribution in [3.05, 3.63) is 23.8 Å². The van der Waals surface area contributed by atoms with Crippen LogP contribution >= 0.6 is 0 Å². The monoisotopic (exact) mass is 291 g/mol. The lowest BCUT2D eigenvalue weighted by molar-refractivity contribution is 0.275. The van der Waals surface area contributed by atoms with Crippen molar-refractivity contribution < 1.29 is 9.47 Å². The van der Waals surface area contributed by atoms with E-state index < -0.39 is 0 Å². The van der Waals surface area contributed by atoms with E-state index in [9.17, 15) is 0 Å². The second-order valence-electron chi connectivity index (χ2n) is 6.27. The summed E-state index contributed by atoms with van der Waals surface area (Å²) in [6.07, 6.45) is 6.95. The predicted molar refractivity (Wildman–Crippen MR) is 87.0 cm³/mol. The van der Waals surface area contributed by atoms with Gasteiger partial charge in [0.05, 0.1) is 14.2 Å². The van der Waals surface area contributed by atoms with Crippen LogP contribution in [0.25, 0.3) is 0 Å². The molecule has 0 saturated heterocycles. The zero-order chi connectivity index (χ0) is 15.1. The Labute approximate surface area is 129 Å². The van der Waals surface area contributed by atoms with Crippen molar-refractivity contribution in [3.8, 4) is 11.5 Å². The Morgan fingerprint density at radius 3 is 2.52 bits per heavy atom. The van der Waals surface area contributed by atoms with Gasteiger partial charge in [-0.25, -0.2) is 0 Å². The number of nitrogens with one attached hydrogen (secondary N) is 1. The van der Waals surface area contributed by atoms with Crippen LogP contribution in [-0.4, -0.2) is 20.8 Å². The molecule has 2 rings (SSSR count). The van der Waals surface area contributed by atoms with E-state index in [1.54, 1.807) is 14.2 Å². The van der Waals surface area contributed by atoms with Gasteiger partial charge in [-0.3, -0.25) is 0 Å². The molecule has 0 spiro atoms. The van der Waals surface area contributed by atoms with Crippen LogP contribution in [0.2, 0.25) is 0 Å². The van der Waals surface area contributed by atoms with Crippen molar-refractivity contribution >= 4 is 0 Å². The highest BCUT2D eigenvalue weighted by Crippen LogP contribution is 2.30. The van der Waals surface area contributed by atoms with E-state index in [-0.39, 0.29) is 0 Å². The van der Waals surface area contributed by atoms with E-state index in [1.165, 1.54) is 37.7 Å². The average molecular weight is 291 g/mol. The molecule has 1 saturated carbocycles. The van der Waals surface area contributed by atoms with Gasteiger partial charge in [0.15, 0.2) is 0 Å². The second kappa shape index (κ2) is 8.28. The topological polar surface area (TPSA) is 30.5 Å². The largest absolute Gasteiger partial charge is 0.497 e. The fourth-order valence-corrected chi connectivity index (χ4v) is 3.14. The van der Waals surface area contributed by atoms with Crippen LogP contribution in [0.4, 0.5) is 0 Å². The Bertz CT molecular complexity index is 425. The SMILES string of the molecule is COc1ccc(CNCCC2CCC(C)CC2)c(OC)c1. The summed E-state index contributed by atoms with van der Waals surface area (Å²) in [5.74, 6) is 3.60. The molecule has 1 aliphatic rings.